The molecule has 0 saturated heterocycles. The van der Waals surface area contributed by atoms with Crippen molar-refractivity contribution in [1.29, 1.82) is 0 Å². The van der Waals surface area contributed by atoms with Gasteiger partial charge >= 0.3 is 77.0 Å². The molecular weight excluding hydrogens is 398 g/mol. The van der Waals surface area contributed by atoms with E-state index in [-0.39, 0.29) is 65.5 Å². The van der Waals surface area contributed by atoms with E-state index in [1.165, 1.54) is 25.7 Å². The monoisotopic (exact) mass is 428 g/mol. The van der Waals surface area contributed by atoms with Gasteiger partial charge in [0, 0.05) is 6.42 Å². The van der Waals surface area contributed by atoms with Crippen molar-refractivity contribution in [3.05, 3.63) is 0 Å². The van der Waals surface area contributed by atoms with Crippen LogP contribution in [0.5, 0.6) is 0 Å². The fourth-order valence-electron chi connectivity index (χ4n) is 2.28. The van der Waals surface area contributed by atoms with Crippen LogP contribution in [0.3, 0.4) is 0 Å². The number of aliphatic carboxylic acids is 1. The number of unbranched alkanes of at least 4 members (excludes halogenated alkanes) is 8. The van der Waals surface area contributed by atoms with Crippen LogP contribution in [0.1, 0.15) is 77.6 Å². The molecule has 27 heavy (non-hydrogen) atoms. The maximum absolute atomic E-state index is 11.6. The molecule has 1 unspecified atom stereocenters. The normalized spacial score (nSPS) is 11.6. The van der Waals surface area contributed by atoms with Gasteiger partial charge in [-0.25, -0.2) is 0 Å². The number of carbonyl (C=O) groups is 3. The summed E-state index contributed by atoms with van der Waals surface area (Å²) in [7, 11) is -4.95. The number of ether oxygens (including phenoxy) is 1. The summed E-state index contributed by atoms with van der Waals surface area (Å²) in [6, 6.07) is 0. The summed E-state index contributed by atoms with van der Waals surface area (Å²) in [6.07, 6.45) is 8.11. The van der Waals surface area contributed by atoms with E-state index in [0.717, 1.165) is 25.7 Å². The van der Waals surface area contributed by atoms with E-state index in [4.69, 9.17) is 9.66 Å². The second kappa shape index (κ2) is 18.5. The zero-order valence-corrected chi connectivity index (χ0v) is 15.4. The average Bonchev–Trinajstić information content (AvgIpc) is 2.49. The Morgan fingerprint density at radius 3 is 1.74 bits per heavy atom. The Morgan fingerprint density at radius 2 is 1.33 bits per heavy atom. The Labute approximate surface area is 205 Å². The third-order valence-electron chi connectivity index (χ3n) is 3.68. The van der Waals surface area contributed by atoms with E-state index < -0.39 is 39.7 Å². The molecule has 0 aliphatic rings. The quantitative estimate of drug-likeness (QED) is 0.139. The first-order valence-corrected chi connectivity index (χ1v) is 10.1. The minimum absolute atomic E-state index is 0. The molecule has 0 saturated carbocycles. The topological polar surface area (TPSA) is 135 Å². The van der Waals surface area contributed by atoms with Crippen molar-refractivity contribution in [2.75, 3.05) is 0 Å². The second-order valence-corrected chi connectivity index (χ2v) is 7.57. The second-order valence-electron chi connectivity index (χ2n) is 5.97. The van der Waals surface area contributed by atoms with Gasteiger partial charge in [0.2, 0.25) is 0 Å². The van der Waals surface area contributed by atoms with Gasteiger partial charge in [-0.3, -0.25) is 18.9 Å². The number of carboxylic acid groups (broad SMARTS) is 1. The Kier molecular flexibility index (Phi) is 22.1. The molecule has 0 aromatic rings. The number of hydrogen-bond donors (Lipinski definition) is 2. The van der Waals surface area contributed by atoms with E-state index >= 15 is 0 Å². The number of carboxylic acids is 1. The molecular formula is C16H30Na2O8S. The summed E-state index contributed by atoms with van der Waals surface area (Å²) >= 11 is 0. The molecule has 11 heteroatoms. The number of esters is 2. The summed E-state index contributed by atoms with van der Waals surface area (Å²) in [6.45, 7) is 2.16. The van der Waals surface area contributed by atoms with Gasteiger partial charge in [-0.1, -0.05) is 58.3 Å². The fourth-order valence-corrected chi connectivity index (χ4v) is 2.92. The molecule has 0 aliphatic carbocycles. The van der Waals surface area contributed by atoms with Gasteiger partial charge in [0.15, 0.2) is 5.25 Å². The van der Waals surface area contributed by atoms with E-state index in [2.05, 4.69) is 11.7 Å². The van der Waals surface area contributed by atoms with Gasteiger partial charge in [0.05, 0.1) is 6.42 Å². The molecule has 0 heterocycles. The van der Waals surface area contributed by atoms with Crippen LogP contribution in [0.15, 0.2) is 0 Å². The first kappa shape index (κ1) is 32.2. The van der Waals surface area contributed by atoms with Crippen LogP contribution in [-0.2, 0) is 29.2 Å². The van der Waals surface area contributed by atoms with Crippen LogP contribution in [0.2, 0.25) is 0 Å². The average molecular weight is 428 g/mol. The van der Waals surface area contributed by atoms with Crippen LogP contribution in [0.25, 0.3) is 0 Å². The minimum atomic E-state index is -4.95. The van der Waals surface area contributed by atoms with Gasteiger partial charge in [0.25, 0.3) is 10.1 Å². The zero-order valence-electron chi connectivity index (χ0n) is 14.6. The Bertz CT molecular complexity index is 537. The molecule has 1 atom stereocenters. The van der Waals surface area contributed by atoms with E-state index in [1.807, 2.05) is 0 Å². The first-order chi connectivity index (χ1) is 11.7. The zero-order chi connectivity index (χ0) is 19.3. The van der Waals surface area contributed by atoms with E-state index in [9.17, 15) is 22.8 Å². The van der Waals surface area contributed by atoms with Crippen molar-refractivity contribution < 1.29 is 37.2 Å². The molecule has 2 N–H and O–H groups in total. The van der Waals surface area contributed by atoms with Crippen LogP contribution >= 0.6 is 0 Å². The van der Waals surface area contributed by atoms with Crippen LogP contribution < -0.4 is 0 Å². The van der Waals surface area contributed by atoms with Gasteiger partial charge in [-0.2, -0.15) is 8.42 Å². The standard InChI is InChI=1S/C16H28O8S.2Na.2H/c1-2-3-4-5-6-7-8-9-10-11-15(19)24-16(20)13(12-14(17)18)25(21,22)23;;;;/h13H,2-12H2,1H3,(H,17,18)(H,21,22,23);;;;. The van der Waals surface area contributed by atoms with Crippen molar-refractivity contribution in [2.24, 2.45) is 0 Å². The summed E-state index contributed by atoms with van der Waals surface area (Å²) in [5, 5.41) is 6.26. The number of rotatable bonds is 14. The fraction of sp³-hybridized carbons (Fsp3) is 0.812. The van der Waals surface area contributed by atoms with Gasteiger partial charge in [-0.15, -0.1) is 0 Å². The molecule has 0 radical (unpaired) electrons. The van der Waals surface area contributed by atoms with Crippen molar-refractivity contribution in [3.8, 4) is 0 Å². The molecule has 0 rings (SSSR count). The van der Waals surface area contributed by atoms with Crippen molar-refractivity contribution in [3.63, 3.8) is 0 Å². The number of hydrogen-bond acceptors (Lipinski definition) is 6. The van der Waals surface area contributed by atoms with E-state index in [1.54, 1.807) is 0 Å². The summed E-state index contributed by atoms with van der Waals surface area (Å²) in [5.41, 5.74) is 0. The molecule has 0 aliphatic heterocycles. The predicted molar refractivity (Wildman–Crippen MR) is 105 cm³/mol. The summed E-state index contributed by atoms with van der Waals surface area (Å²) in [5.74, 6) is -4.09. The van der Waals surface area contributed by atoms with E-state index in [0.29, 0.717) is 6.42 Å². The SMILES string of the molecule is CCCCCCCCCCCC(=O)OC(=O)C(CC(=O)O)S(=O)(=O)O.[NaH].[NaH]. The predicted octanol–water partition coefficient (Wildman–Crippen LogP) is 1.41. The first-order valence-electron chi connectivity index (χ1n) is 8.61. The molecule has 0 fully saturated rings. The Morgan fingerprint density at radius 1 is 0.889 bits per heavy atom. The maximum atomic E-state index is 11.6. The third kappa shape index (κ3) is 18.3. The summed E-state index contributed by atoms with van der Waals surface area (Å²) < 4.78 is 35.2. The summed E-state index contributed by atoms with van der Waals surface area (Å²) in [4.78, 5) is 33.6. The Balaban J connectivity index is -0.00000288. The molecule has 0 amide bonds. The molecule has 8 nitrogen and oxygen atoms in total. The third-order valence-corrected chi connectivity index (χ3v) is 4.76. The van der Waals surface area contributed by atoms with Crippen molar-refractivity contribution in [2.45, 2.75) is 82.8 Å². The molecule has 0 aromatic carbocycles. The molecule has 150 valence electrons. The molecule has 0 bridgehead atoms. The number of carbonyl (C=O) groups excluding carboxylic acids is 2. The Hall–Kier alpha value is 0.520. The van der Waals surface area contributed by atoms with Crippen LogP contribution in [0, 0.1) is 0 Å². The van der Waals surface area contributed by atoms with Crippen LogP contribution in [0.4, 0.5) is 0 Å². The van der Waals surface area contributed by atoms with Gasteiger partial charge < -0.3 is 9.84 Å². The van der Waals surface area contributed by atoms with Gasteiger partial charge in [0.1, 0.15) is 0 Å². The van der Waals surface area contributed by atoms with Gasteiger partial charge in [-0.05, 0) is 6.42 Å². The van der Waals surface area contributed by atoms with Crippen LogP contribution in [-0.4, -0.2) is 100 Å². The molecule has 0 aromatic heterocycles. The van der Waals surface area contributed by atoms with Crippen molar-refractivity contribution >= 4 is 87.1 Å². The van der Waals surface area contributed by atoms with Crippen molar-refractivity contribution in [1.82, 2.24) is 0 Å². The molecule has 0 spiro atoms.